The van der Waals surface area contributed by atoms with E-state index in [4.69, 9.17) is 0 Å². The number of hydrogen-bond acceptors (Lipinski definition) is 3. The van der Waals surface area contributed by atoms with Crippen molar-refractivity contribution in [2.45, 2.75) is 39.0 Å². The van der Waals surface area contributed by atoms with E-state index in [9.17, 15) is 0 Å². The van der Waals surface area contributed by atoms with Crippen LogP contribution in [-0.4, -0.2) is 23.1 Å². The number of hydrogen-bond donors (Lipinski definition) is 1. The molecule has 1 aromatic rings. The van der Waals surface area contributed by atoms with E-state index in [2.05, 4.69) is 36.1 Å². The lowest BCUT2D eigenvalue weighted by atomic mass is 9.86. The van der Waals surface area contributed by atoms with Crippen LogP contribution in [0.1, 0.15) is 39.3 Å². The molecule has 0 saturated heterocycles. The zero-order chi connectivity index (χ0) is 11.1. The molecule has 0 radical (unpaired) electrons. The maximum absolute atomic E-state index is 4.36. The standard InChI is InChI=1S/C12H21N3/c1-4-6-13-7-5-12(2,3)11-10-14-8-9-15-11/h8-10,13H,4-7H2,1-3H3. The van der Waals surface area contributed by atoms with Crippen LogP contribution < -0.4 is 5.32 Å². The molecule has 1 N–H and O–H groups in total. The summed E-state index contributed by atoms with van der Waals surface area (Å²) in [5.74, 6) is 0. The largest absolute Gasteiger partial charge is 0.317 e. The van der Waals surface area contributed by atoms with Crippen LogP contribution in [0.15, 0.2) is 18.6 Å². The maximum Gasteiger partial charge on any atom is 0.0643 e. The van der Waals surface area contributed by atoms with Gasteiger partial charge in [-0.1, -0.05) is 20.8 Å². The summed E-state index contributed by atoms with van der Waals surface area (Å²) in [5, 5.41) is 3.41. The van der Waals surface area contributed by atoms with E-state index < -0.39 is 0 Å². The van der Waals surface area contributed by atoms with Crippen molar-refractivity contribution in [2.75, 3.05) is 13.1 Å². The van der Waals surface area contributed by atoms with Gasteiger partial charge in [-0.3, -0.25) is 9.97 Å². The molecule has 1 aromatic heterocycles. The number of nitrogens with zero attached hydrogens (tertiary/aromatic N) is 2. The molecule has 3 heteroatoms. The second kappa shape index (κ2) is 5.81. The summed E-state index contributed by atoms with van der Waals surface area (Å²) in [5.41, 5.74) is 1.18. The summed E-state index contributed by atoms with van der Waals surface area (Å²) in [6, 6.07) is 0. The van der Waals surface area contributed by atoms with Crippen molar-refractivity contribution in [1.82, 2.24) is 15.3 Å². The monoisotopic (exact) mass is 207 g/mol. The fraction of sp³-hybridized carbons (Fsp3) is 0.667. The van der Waals surface area contributed by atoms with E-state index in [1.54, 1.807) is 12.4 Å². The Morgan fingerprint density at radius 2 is 2.07 bits per heavy atom. The van der Waals surface area contributed by atoms with Crippen molar-refractivity contribution in [3.8, 4) is 0 Å². The van der Waals surface area contributed by atoms with Gasteiger partial charge >= 0.3 is 0 Å². The number of nitrogens with one attached hydrogen (secondary N) is 1. The van der Waals surface area contributed by atoms with Crippen molar-refractivity contribution in [3.63, 3.8) is 0 Å². The highest BCUT2D eigenvalue weighted by Gasteiger charge is 2.21. The van der Waals surface area contributed by atoms with Crippen molar-refractivity contribution < 1.29 is 0 Å². The van der Waals surface area contributed by atoms with E-state index in [0.717, 1.165) is 25.2 Å². The predicted molar refractivity (Wildman–Crippen MR) is 62.8 cm³/mol. The minimum absolute atomic E-state index is 0.106. The quantitative estimate of drug-likeness (QED) is 0.726. The molecule has 0 saturated carbocycles. The molecule has 0 spiro atoms. The molecule has 0 aliphatic carbocycles. The van der Waals surface area contributed by atoms with Gasteiger partial charge in [-0.2, -0.15) is 0 Å². The zero-order valence-electron chi connectivity index (χ0n) is 9.95. The molecule has 0 atom stereocenters. The number of aromatic nitrogens is 2. The van der Waals surface area contributed by atoms with Crippen LogP contribution in [0.3, 0.4) is 0 Å². The van der Waals surface area contributed by atoms with E-state index in [1.165, 1.54) is 6.42 Å². The van der Waals surface area contributed by atoms with Crippen molar-refractivity contribution in [3.05, 3.63) is 24.3 Å². The summed E-state index contributed by atoms with van der Waals surface area (Å²) in [4.78, 5) is 8.47. The van der Waals surface area contributed by atoms with Crippen molar-refractivity contribution in [2.24, 2.45) is 0 Å². The van der Waals surface area contributed by atoms with Crippen LogP contribution in [-0.2, 0) is 5.41 Å². The summed E-state index contributed by atoms with van der Waals surface area (Å²) in [6.45, 7) is 8.74. The lowest BCUT2D eigenvalue weighted by Gasteiger charge is -2.23. The Labute approximate surface area is 92.3 Å². The van der Waals surface area contributed by atoms with Gasteiger partial charge in [0.25, 0.3) is 0 Å². The van der Waals surface area contributed by atoms with Crippen molar-refractivity contribution in [1.29, 1.82) is 0 Å². The molecule has 0 bridgehead atoms. The summed E-state index contributed by atoms with van der Waals surface area (Å²) in [7, 11) is 0. The van der Waals surface area contributed by atoms with Gasteiger partial charge in [0.05, 0.1) is 5.69 Å². The molecular formula is C12H21N3. The van der Waals surface area contributed by atoms with E-state index in [0.29, 0.717) is 0 Å². The molecule has 0 fully saturated rings. The average molecular weight is 207 g/mol. The lowest BCUT2D eigenvalue weighted by molar-refractivity contribution is 0.444. The average Bonchev–Trinajstić information content (AvgIpc) is 2.26. The van der Waals surface area contributed by atoms with Gasteiger partial charge < -0.3 is 5.32 Å². The Balaban J connectivity index is 2.45. The van der Waals surface area contributed by atoms with Crippen LogP contribution in [0.25, 0.3) is 0 Å². The molecule has 0 aliphatic heterocycles. The van der Waals surface area contributed by atoms with E-state index >= 15 is 0 Å². The molecule has 0 aromatic carbocycles. The molecule has 15 heavy (non-hydrogen) atoms. The smallest absolute Gasteiger partial charge is 0.0643 e. The van der Waals surface area contributed by atoms with Gasteiger partial charge in [-0.15, -0.1) is 0 Å². The maximum atomic E-state index is 4.36. The lowest BCUT2D eigenvalue weighted by Crippen LogP contribution is -2.26. The first-order valence-electron chi connectivity index (χ1n) is 5.64. The van der Waals surface area contributed by atoms with Crippen molar-refractivity contribution >= 4 is 0 Å². The summed E-state index contributed by atoms with van der Waals surface area (Å²) in [6.07, 6.45) is 7.61. The third kappa shape index (κ3) is 3.96. The van der Waals surface area contributed by atoms with Crippen LogP contribution in [0.5, 0.6) is 0 Å². The van der Waals surface area contributed by atoms with E-state index in [-0.39, 0.29) is 5.41 Å². The third-order valence-electron chi connectivity index (χ3n) is 2.61. The third-order valence-corrected chi connectivity index (χ3v) is 2.61. The first kappa shape index (κ1) is 12.1. The second-order valence-corrected chi connectivity index (χ2v) is 4.47. The fourth-order valence-corrected chi connectivity index (χ4v) is 1.48. The van der Waals surface area contributed by atoms with Gasteiger partial charge in [0.1, 0.15) is 0 Å². The fourth-order valence-electron chi connectivity index (χ4n) is 1.48. The summed E-state index contributed by atoms with van der Waals surface area (Å²) >= 11 is 0. The highest BCUT2D eigenvalue weighted by molar-refractivity contribution is 5.09. The van der Waals surface area contributed by atoms with Gasteiger partial charge in [-0.05, 0) is 25.9 Å². The second-order valence-electron chi connectivity index (χ2n) is 4.47. The van der Waals surface area contributed by atoms with Gasteiger partial charge in [-0.25, -0.2) is 0 Å². The Bertz CT molecular complexity index is 269. The van der Waals surface area contributed by atoms with Crippen LogP contribution >= 0.6 is 0 Å². The SMILES string of the molecule is CCCNCCC(C)(C)c1cnccn1. The Morgan fingerprint density at radius 3 is 2.67 bits per heavy atom. The normalized spacial score (nSPS) is 11.7. The molecule has 1 rings (SSSR count). The molecule has 1 heterocycles. The van der Waals surface area contributed by atoms with Crippen LogP contribution in [0, 0.1) is 0 Å². The first-order valence-corrected chi connectivity index (χ1v) is 5.64. The predicted octanol–water partition coefficient (Wildman–Crippen LogP) is 2.14. The minimum Gasteiger partial charge on any atom is -0.317 e. The molecular weight excluding hydrogens is 186 g/mol. The Hall–Kier alpha value is -0.960. The van der Waals surface area contributed by atoms with Crippen LogP contribution in [0.4, 0.5) is 0 Å². The first-order chi connectivity index (χ1) is 7.17. The van der Waals surface area contributed by atoms with Crippen LogP contribution in [0.2, 0.25) is 0 Å². The van der Waals surface area contributed by atoms with E-state index in [1.807, 2.05) is 6.20 Å². The van der Waals surface area contributed by atoms with Gasteiger partial charge in [0.15, 0.2) is 0 Å². The molecule has 3 nitrogen and oxygen atoms in total. The Kier molecular flexibility index (Phi) is 4.69. The molecule has 0 aliphatic rings. The van der Waals surface area contributed by atoms with Gasteiger partial charge in [0.2, 0.25) is 0 Å². The Morgan fingerprint density at radius 1 is 1.27 bits per heavy atom. The zero-order valence-corrected chi connectivity index (χ0v) is 9.95. The highest BCUT2D eigenvalue weighted by Crippen LogP contribution is 2.23. The highest BCUT2D eigenvalue weighted by atomic mass is 14.9. The number of rotatable bonds is 6. The summed E-state index contributed by atoms with van der Waals surface area (Å²) < 4.78 is 0. The topological polar surface area (TPSA) is 37.8 Å². The minimum atomic E-state index is 0.106. The van der Waals surface area contributed by atoms with Gasteiger partial charge in [0, 0.05) is 24.0 Å². The molecule has 0 unspecified atom stereocenters. The molecule has 0 amide bonds. The molecule has 84 valence electrons.